The fourth-order valence-electron chi connectivity index (χ4n) is 3.26. The van der Waals surface area contributed by atoms with E-state index in [0.717, 1.165) is 16.9 Å². The zero-order chi connectivity index (χ0) is 24.0. The fourth-order valence-corrected chi connectivity index (χ4v) is 4.22. The SMILES string of the molecule is CCOC(=O)c1c(-c2ccc(OC)cc2)csc1NC(=O)/C=C/c1ccc(C(C)(C)C)cc1. The number of thiophene rings is 1. The van der Waals surface area contributed by atoms with E-state index in [-0.39, 0.29) is 17.9 Å². The van der Waals surface area contributed by atoms with E-state index in [1.54, 1.807) is 20.1 Å². The van der Waals surface area contributed by atoms with Gasteiger partial charge < -0.3 is 14.8 Å². The third-order valence-electron chi connectivity index (χ3n) is 5.11. The standard InChI is InChI=1S/C27H29NO4S/c1-6-32-26(30)24-22(19-10-14-21(31-5)15-11-19)17-33-25(24)28-23(29)16-9-18-7-12-20(13-8-18)27(2,3)4/h7-17H,6H2,1-5H3,(H,28,29)/b16-9+. The molecule has 33 heavy (non-hydrogen) atoms. The van der Waals surface area contributed by atoms with Crippen molar-refractivity contribution in [1.29, 1.82) is 0 Å². The smallest absolute Gasteiger partial charge is 0.341 e. The number of amides is 1. The lowest BCUT2D eigenvalue weighted by molar-refractivity contribution is -0.111. The normalized spacial score (nSPS) is 11.4. The fraction of sp³-hybridized carbons (Fsp3) is 0.259. The molecular formula is C27H29NO4S. The molecule has 1 N–H and O–H groups in total. The molecule has 0 saturated heterocycles. The van der Waals surface area contributed by atoms with Gasteiger partial charge in [0.2, 0.25) is 5.91 Å². The highest BCUT2D eigenvalue weighted by molar-refractivity contribution is 7.15. The Morgan fingerprint density at radius 1 is 1.03 bits per heavy atom. The number of carbonyl (C=O) groups excluding carboxylic acids is 2. The number of esters is 1. The van der Waals surface area contributed by atoms with E-state index in [1.165, 1.54) is 23.0 Å². The monoisotopic (exact) mass is 463 g/mol. The largest absolute Gasteiger partial charge is 0.497 e. The van der Waals surface area contributed by atoms with Crippen LogP contribution >= 0.6 is 11.3 Å². The Bertz CT molecular complexity index is 1140. The predicted octanol–water partition coefficient (Wildman–Crippen LogP) is 6.55. The number of hydrogen-bond acceptors (Lipinski definition) is 5. The second-order valence-electron chi connectivity index (χ2n) is 8.50. The highest BCUT2D eigenvalue weighted by atomic mass is 32.1. The molecule has 0 fully saturated rings. The van der Waals surface area contributed by atoms with E-state index in [0.29, 0.717) is 16.1 Å². The molecule has 0 aliphatic carbocycles. The molecule has 1 aromatic heterocycles. The van der Waals surface area contributed by atoms with Crippen molar-refractivity contribution < 1.29 is 19.1 Å². The molecule has 0 atom stereocenters. The van der Waals surface area contributed by atoms with Gasteiger partial charge in [-0.15, -0.1) is 11.3 Å². The van der Waals surface area contributed by atoms with Crippen LogP contribution < -0.4 is 10.1 Å². The molecule has 0 aliphatic heterocycles. The summed E-state index contributed by atoms with van der Waals surface area (Å²) in [7, 11) is 1.60. The number of nitrogens with one attached hydrogen (secondary N) is 1. The molecule has 3 rings (SSSR count). The number of hydrogen-bond donors (Lipinski definition) is 1. The van der Waals surface area contributed by atoms with Gasteiger partial charge in [0, 0.05) is 17.0 Å². The van der Waals surface area contributed by atoms with Crippen molar-refractivity contribution in [2.24, 2.45) is 0 Å². The highest BCUT2D eigenvalue weighted by Crippen LogP contribution is 2.37. The molecule has 3 aromatic rings. The number of methoxy groups -OCH3 is 1. The second kappa shape index (κ2) is 10.5. The van der Waals surface area contributed by atoms with Crippen LogP contribution in [0.5, 0.6) is 5.75 Å². The van der Waals surface area contributed by atoms with Gasteiger partial charge in [-0.25, -0.2) is 4.79 Å². The maximum Gasteiger partial charge on any atom is 0.341 e. The van der Waals surface area contributed by atoms with Crippen molar-refractivity contribution in [1.82, 2.24) is 0 Å². The number of benzene rings is 2. The molecule has 0 saturated carbocycles. The second-order valence-corrected chi connectivity index (χ2v) is 9.38. The first-order valence-electron chi connectivity index (χ1n) is 10.8. The Kier molecular flexibility index (Phi) is 7.71. The van der Waals surface area contributed by atoms with Crippen molar-refractivity contribution >= 4 is 34.3 Å². The molecule has 0 spiro atoms. The lowest BCUT2D eigenvalue weighted by Crippen LogP contribution is -2.12. The van der Waals surface area contributed by atoms with Gasteiger partial charge in [0.15, 0.2) is 0 Å². The molecule has 1 heterocycles. The van der Waals surface area contributed by atoms with Gasteiger partial charge in [-0.05, 0) is 47.2 Å². The molecule has 6 heteroatoms. The van der Waals surface area contributed by atoms with Crippen LogP contribution in [-0.4, -0.2) is 25.6 Å². The van der Waals surface area contributed by atoms with Crippen molar-refractivity contribution in [3.8, 4) is 16.9 Å². The van der Waals surface area contributed by atoms with Crippen LogP contribution in [0.3, 0.4) is 0 Å². The van der Waals surface area contributed by atoms with Crippen molar-refractivity contribution in [2.75, 3.05) is 19.0 Å². The molecule has 0 radical (unpaired) electrons. The van der Waals surface area contributed by atoms with Gasteiger partial charge in [0.05, 0.1) is 13.7 Å². The molecule has 2 aromatic carbocycles. The Labute approximate surface area is 199 Å². The first-order valence-corrected chi connectivity index (χ1v) is 11.6. The number of carbonyl (C=O) groups is 2. The number of ether oxygens (including phenoxy) is 2. The average Bonchev–Trinajstić information content (AvgIpc) is 3.21. The van der Waals surface area contributed by atoms with Gasteiger partial charge in [0.1, 0.15) is 16.3 Å². The summed E-state index contributed by atoms with van der Waals surface area (Å²) in [6, 6.07) is 15.5. The molecule has 0 unspecified atom stereocenters. The van der Waals surface area contributed by atoms with Crippen LogP contribution in [-0.2, 0) is 14.9 Å². The van der Waals surface area contributed by atoms with E-state index in [9.17, 15) is 9.59 Å². The van der Waals surface area contributed by atoms with Gasteiger partial charge >= 0.3 is 5.97 Å². The Balaban J connectivity index is 1.81. The lowest BCUT2D eigenvalue weighted by atomic mass is 9.87. The van der Waals surface area contributed by atoms with Gasteiger partial charge in [0.25, 0.3) is 0 Å². The summed E-state index contributed by atoms with van der Waals surface area (Å²) in [5.74, 6) is -0.0638. The topological polar surface area (TPSA) is 64.6 Å². The summed E-state index contributed by atoms with van der Waals surface area (Å²) in [4.78, 5) is 25.3. The van der Waals surface area contributed by atoms with E-state index < -0.39 is 5.97 Å². The van der Waals surface area contributed by atoms with Gasteiger partial charge in [-0.3, -0.25) is 4.79 Å². The first-order chi connectivity index (χ1) is 15.7. The Morgan fingerprint density at radius 2 is 1.70 bits per heavy atom. The Hall–Kier alpha value is -3.38. The molecule has 172 valence electrons. The number of rotatable bonds is 7. The third kappa shape index (κ3) is 6.11. The van der Waals surface area contributed by atoms with Gasteiger partial charge in [-0.2, -0.15) is 0 Å². The first kappa shape index (κ1) is 24.3. The van der Waals surface area contributed by atoms with E-state index in [4.69, 9.17) is 9.47 Å². The minimum atomic E-state index is -0.471. The molecular weight excluding hydrogens is 434 g/mol. The highest BCUT2D eigenvalue weighted by Gasteiger charge is 2.22. The van der Waals surface area contributed by atoms with Crippen LogP contribution in [0, 0.1) is 0 Å². The molecule has 5 nitrogen and oxygen atoms in total. The maximum atomic E-state index is 12.7. The minimum absolute atomic E-state index is 0.0733. The third-order valence-corrected chi connectivity index (χ3v) is 6.01. The van der Waals surface area contributed by atoms with Crippen LogP contribution in [0.4, 0.5) is 5.00 Å². The predicted molar refractivity (Wildman–Crippen MR) is 135 cm³/mol. The zero-order valence-corrected chi connectivity index (χ0v) is 20.4. The minimum Gasteiger partial charge on any atom is -0.497 e. The molecule has 0 aliphatic rings. The maximum absolute atomic E-state index is 12.7. The van der Waals surface area contributed by atoms with Crippen molar-refractivity contribution in [3.05, 3.63) is 76.7 Å². The molecule has 1 amide bonds. The van der Waals surface area contributed by atoms with Crippen LogP contribution in [0.2, 0.25) is 0 Å². The summed E-state index contributed by atoms with van der Waals surface area (Å²) < 4.78 is 10.5. The van der Waals surface area contributed by atoms with Gasteiger partial charge in [-0.1, -0.05) is 57.2 Å². The molecule has 0 bridgehead atoms. The van der Waals surface area contributed by atoms with Crippen molar-refractivity contribution in [3.63, 3.8) is 0 Å². The quantitative estimate of drug-likeness (QED) is 0.319. The Morgan fingerprint density at radius 3 is 2.27 bits per heavy atom. The van der Waals surface area contributed by atoms with E-state index >= 15 is 0 Å². The van der Waals surface area contributed by atoms with Crippen molar-refractivity contribution in [2.45, 2.75) is 33.1 Å². The zero-order valence-electron chi connectivity index (χ0n) is 19.6. The summed E-state index contributed by atoms with van der Waals surface area (Å²) in [5, 5.41) is 5.14. The van der Waals surface area contributed by atoms with Crippen LogP contribution in [0.25, 0.3) is 17.2 Å². The van der Waals surface area contributed by atoms with E-state index in [2.05, 4.69) is 38.2 Å². The van der Waals surface area contributed by atoms with E-state index in [1.807, 2.05) is 41.8 Å². The van der Waals surface area contributed by atoms with Crippen LogP contribution in [0.15, 0.2) is 60.0 Å². The summed E-state index contributed by atoms with van der Waals surface area (Å²) in [6.45, 7) is 8.48. The summed E-state index contributed by atoms with van der Waals surface area (Å²) in [5.41, 5.74) is 4.12. The summed E-state index contributed by atoms with van der Waals surface area (Å²) in [6.07, 6.45) is 3.22. The average molecular weight is 464 g/mol. The summed E-state index contributed by atoms with van der Waals surface area (Å²) >= 11 is 1.29. The lowest BCUT2D eigenvalue weighted by Gasteiger charge is -2.18. The number of anilines is 1. The van der Waals surface area contributed by atoms with Crippen LogP contribution in [0.1, 0.15) is 49.2 Å².